The average molecular weight is 232 g/mol. The molecule has 9 heavy (non-hydrogen) atoms. The molecule has 0 fully saturated rings. The molecule has 0 radical (unpaired) electrons. The van der Waals surface area contributed by atoms with Crippen molar-refractivity contribution in [2.24, 2.45) is 0 Å². The Morgan fingerprint density at radius 3 is 1.00 bits per heavy atom. The van der Waals surface area contributed by atoms with Crippen LogP contribution in [-0.4, -0.2) is 128 Å². The summed E-state index contributed by atoms with van der Waals surface area (Å²) in [5.41, 5.74) is 0. The monoisotopic (exact) mass is 232 g/mol. The van der Waals surface area contributed by atoms with E-state index in [-0.39, 0.29) is 142 Å². The van der Waals surface area contributed by atoms with Gasteiger partial charge in [0.2, 0.25) is 0 Å². The van der Waals surface area contributed by atoms with Gasteiger partial charge in [0.25, 0.3) is 0 Å². The van der Waals surface area contributed by atoms with Crippen molar-refractivity contribution in [1.29, 1.82) is 0 Å². The van der Waals surface area contributed by atoms with E-state index >= 15 is 0 Å². The molecular formula is H10Ca3LiO4P. The molecular weight excluding hydrogens is 222 g/mol. The van der Waals surface area contributed by atoms with Gasteiger partial charge in [-0.3, -0.25) is 0 Å². The number of phosphoric acid groups is 1. The van der Waals surface area contributed by atoms with Crippen LogP contribution < -0.4 is 18.9 Å². The fourth-order valence-corrected chi connectivity index (χ4v) is 0. The van der Waals surface area contributed by atoms with E-state index in [9.17, 15) is 0 Å². The second-order valence-corrected chi connectivity index (χ2v) is 1.54. The fourth-order valence-electron chi connectivity index (χ4n) is 0. The molecule has 4 nitrogen and oxygen atoms in total. The van der Waals surface area contributed by atoms with Crippen molar-refractivity contribution >= 4 is 121 Å². The van der Waals surface area contributed by atoms with E-state index in [0.717, 1.165) is 0 Å². The van der Waals surface area contributed by atoms with Crippen molar-refractivity contribution in [1.82, 2.24) is 0 Å². The third-order valence-corrected chi connectivity index (χ3v) is 0. The van der Waals surface area contributed by atoms with Crippen LogP contribution in [0.1, 0.15) is 9.99 Å². The van der Waals surface area contributed by atoms with Crippen LogP contribution in [0.2, 0.25) is 0 Å². The van der Waals surface area contributed by atoms with Crippen molar-refractivity contribution in [2.75, 3.05) is 0 Å². The van der Waals surface area contributed by atoms with E-state index in [0.29, 0.717) is 0 Å². The molecule has 0 heterocycles. The summed E-state index contributed by atoms with van der Waals surface area (Å²) in [6.07, 6.45) is 0. The number of hydrogen-bond donors (Lipinski definition) is 3. The molecule has 0 aromatic heterocycles. The molecule has 0 spiro atoms. The molecule has 0 aliphatic heterocycles. The maximum atomic E-state index is 8.88. The maximum absolute atomic E-state index is 8.88. The van der Waals surface area contributed by atoms with Gasteiger partial charge in [-0.1, -0.05) is 0 Å². The first-order valence-corrected chi connectivity index (χ1v) is 2.35. The molecule has 0 aliphatic carbocycles. The van der Waals surface area contributed by atoms with Crippen LogP contribution >= 0.6 is 7.82 Å². The Hall–Kier alpha value is 4.49. The molecule has 0 rings (SSSR count). The van der Waals surface area contributed by atoms with Gasteiger partial charge in [0.15, 0.2) is 0 Å². The summed E-state index contributed by atoms with van der Waals surface area (Å²) in [5.74, 6) is 0. The Balaban J connectivity index is -0.00000000145. The van der Waals surface area contributed by atoms with E-state index in [2.05, 4.69) is 0 Å². The van der Waals surface area contributed by atoms with Crippen molar-refractivity contribution in [2.45, 2.75) is 0 Å². The van der Waals surface area contributed by atoms with Crippen molar-refractivity contribution < 1.29 is 48.1 Å². The topological polar surface area (TPSA) is 77.8 Å². The second kappa shape index (κ2) is 15.0. The predicted molar refractivity (Wildman–Crippen MR) is 39.3 cm³/mol. The van der Waals surface area contributed by atoms with Crippen LogP contribution in [0.4, 0.5) is 0 Å². The Bertz CT molecular complexity index is 77.8. The zero-order valence-electron chi connectivity index (χ0n) is 12.3. The molecule has 0 aromatic rings. The van der Waals surface area contributed by atoms with Gasteiger partial charge in [-0.2, -0.15) is 0 Å². The van der Waals surface area contributed by atoms with Gasteiger partial charge in [0.1, 0.15) is 0 Å². The van der Waals surface area contributed by atoms with Crippen LogP contribution in [0.15, 0.2) is 0 Å². The van der Waals surface area contributed by atoms with E-state index < -0.39 is 7.82 Å². The van der Waals surface area contributed by atoms with Crippen LogP contribution in [-0.2, 0) is 4.57 Å². The molecule has 0 saturated heterocycles. The fraction of sp³-hybridized carbons (Fsp3) is 0. The van der Waals surface area contributed by atoms with Crippen LogP contribution in [0.3, 0.4) is 0 Å². The summed E-state index contributed by atoms with van der Waals surface area (Å²) < 4.78 is 8.88. The van der Waals surface area contributed by atoms with Gasteiger partial charge in [-0.25, -0.2) is 4.57 Å². The van der Waals surface area contributed by atoms with Crippen molar-refractivity contribution in [3.63, 3.8) is 0 Å². The second-order valence-electron chi connectivity index (χ2n) is 0.513. The van der Waals surface area contributed by atoms with E-state index in [4.69, 9.17) is 19.2 Å². The largest absolute Gasteiger partial charge is 2.00 e. The average Bonchev–Trinajstić information content (AvgIpc) is 0.722. The van der Waals surface area contributed by atoms with E-state index in [1.807, 2.05) is 0 Å². The van der Waals surface area contributed by atoms with Gasteiger partial charge < -0.3 is 24.7 Å². The summed E-state index contributed by atoms with van der Waals surface area (Å²) in [7, 11) is -4.64. The Morgan fingerprint density at radius 2 is 1.00 bits per heavy atom. The third kappa shape index (κ3) is 68.2. The molecule has 0 atom stereocenters. The van der Waals surface area contributed by atoms with Gasteiger partial charge in [-0.05, 0) is 0 Å². The number of rotatable bonds is 0. The SMILES string of the molecule is O=P(O)(O)O.[Ca+2].[Ca+2].[Ca+2].[H-].[H-].[H-].[H-].[H-].[H-].[H-].[Li+]. The first kappa shape index (κ1) is 29.2. The molecule has 0 unspecified atom stereocenters. The molecule has 0 amide bonds. The maximum Gasteiger partial charge on any atom is 2.00 e. The molecule has 46 valence electrons. The Morgan fingerprint density at radius 1 is 1.00 bits per heavy atom. The zero-order chi connectivity index (χ0) is 4.50. The summed E-state index contributed by atoms with van der Waals surface area (Å²) in [6.45, 7) is 0. The summed E-state index contributed by atoms with van der Waals surface area (Å²) in [4.78, 5) is 21.6. The molecule has 9 heteroatoms. The van der Waals surface area contributed by atoms with E-state index in [1.165, 1.54) is 0 Å². The zero-order valence-corrected chi connectivity index (χ0v) is 12.8. The Kier molecular flexibility index (Phi) is 48.6. The quantitative estimate of drug-likeness (QED) is 0.292. The first-order valence-electron chi connectivity index (χ1n) is 0.783. The van der Waals surface area contributed by atoms with Gasteiger partial charge >= 0.3 is 140 Å². The van der Waals surface area contributed by atoms with Crippen LogP contribution in [0.5, 0.6) is 0 Å². The number of hydrogen-bond acceptors (Lipinski definition) is 1. The molecule has 0 saturated carbocycles. The van der Waals surface area contributed by atoms with Crippen molar-refractivity contribution in [3.05, 3.63) is 0 Å². The summed E-state index contributed by atoms with van der Waals surface area (Å²) in [6, 6.07) is 0. The minimum absolute atomic E-state index is 0. The van der Waals surface area contributed by atoms with Gasteiger partial charge in [0.05, 0.1) is 0 Å². The van der Waals surface area contributed by atoms with Gasteiger partial charge in [0, 0.05) is 0 Å². The molecule has 3 N–H and O–H groups in total. The normalized spacial score (nSPS) is 6.56. The minimum Gasteiger partial charge on any atom is -1.00 e. The molecule has 0 aliphatic rings. The summed E-state index contributed by atoms with van der Waals surface area (Å²) in [5, 5.41) is 0. The first-order chi connectivity index (χ1) is 2.00. The Labute approximate surface area is 165 Å². The standard InChI is InChI=1S/3Ca.Li.H3O4P.7H/c;;;;1-5(2,3)4;;;;;;;/h;;;;(H3,1,2,3,4);;;;;;;/q3*+2;+1;;7*-1. The van der Waals surface area contributed by atoms with Gasteiger partial charge in [-0.15, -0.1) is 0 Å². The van der Waals surface area contributed by atoms with Crippen molar-refractivity contribution in [3.8, 4) is 0 Å². The van der Waals surface area contributed by atoms with Crippen LogP contribution in [0.25, 0.3) is 0 Å². The van der Waals surface area contributed by atoms with Crippen LogP contribution in [0, 0.1) is 0 Å². The third-order valence-electron chi connectivity index (χ3n) is 0. The summed E-state index contributed by atoms with van der Waals surface area (Å²) >= 11 is 0. The minimum atomic E-state index is -4.64. The predicted octanol–water partition coefficient (Wildman–Crippen LogP) is -4.28. The molecule has 0 bridgehead atoms. The smallest absolute Gasteiger partial charge is 1.00 e. The molecule has 0 aromatic carbocycles. The van der Waals surface area contributed by atoms with E-state index in [1.54, 1.807) is 0 Å².